The molecule has 1 aliphatic rings. The third kappa shape index (κ3) is 4.88. The lowest BCUT2D eigenvalue weighted by Gasteiger charge is -2.15. The second kappa shape index (κ2) is 9.94. The molecule has 0 fully saturated rings. The minimum atomic E-state index is -1.71. The number of aliphatic hydroxyl groups is 1. The van der Waals surface area contributed by atoms with Gasteiger partial charge in [0.1, 0.15) is 6.61 Å². The highest BCUT2D eigenvalue weighted by Crippen LogP contribution is 2.44. The molecule has 0 bridgehead atoms. The normalized spacial score (nSPS) is 12.9. The van der Waals surface area contributed by atoms with Crippen molar-refractivity contribution < 1.29 is 29.3 Å². The molecule has 9 heteroatoms. The zero-order chi connectivity index (χ0) is 24.2. The number of aliphatic hydroxyl groups excluding tert-OH is 1. The third-order valence-electron chi connectivity index (χ3n) is 5.55. The first-order valence-electron chi connectivity index (χ1n) is 10.5. The van der Waals surface area contributed by atoms with Crippen molar-refractivity contribution in [3.05, 3.63) is 88.4 Å². The number of rotatable bonds is 7. The topological polar surface area (TPSA) is 125 Å². The van der Waals surface area contributed by atoms with Gasteiger partial charge in [0.05, 0.1) is 17.3 Å². The van der Waals surface area contributed by atoms with E-state index in [0.717, 1.165) is 22.3 Å². The van der Waals surface area contributed by atoms with Crippen molar-refractivity contribution in [2.24, 2.45) is 0 Å². The molecular weight excluding hydrogens is 460 g/mol. The lowest BCUT2D eigenvalue weighted by atomic mass is 9.98. The zero-order valence-electron chi connectivity index (χ0n) is 17.8. The smallest absolute Gasteiger partial charge is 0.411 e. The van der Waals surface area contributed by atoms with E-state index in [-0.39, 0.29) is 28.8 Å². The number of ether oxygens (including phenoxy) is 1. The molecule has 8 nitrogen and oxygen atoms in total. The Morgan fingerprint density at radius 3 is 2.18 bits per heavy atom. The number of amides is 2. The highest BCUT2D eigenvalue weighted by molar-refractivity contribution is 6.34. The molecule has 3 aromatic carbocycles. The summed E-state index contributed by atoms with van der Waals surface area (Å²) >= 11 is 6.20. The second-order valence-corrected chi connectivity index (χ2v) is 8.12. The SMILES string of the molecule is O=C(Nc1ccc(C(=O)NCC(O)C(=O)O)cc1Cl)OCC1c2ccccc2-c2ccccc21. The first-order chi connectivity index (χ1) is 16.3. The average Bonchev–Trinajstić information content (AvgIpc) is 3.16. The number of fused-ring (bicyclic) bond motifs is 3. The molecular formula is C25H21ClN2O6. The van der Waals surface area contributed by atoms with Crippen LogP contribution < -0.4 is 10.6 Å². The van der Waals surface area contributed by atoms with Gasteiger partial charge in [0.2, 0.25) is 0 Å². The van der Waals surface area contributed by atoms with Gasteiger partial charge in [-0.1, -0.05) is 60.1 Å². The quantitative estimate of drug-likeness (QED) is 0.407. The predicted octanol–water partition coefficient (Wildman–Crippen LogP) is 3.88. The molecule has 4 N–H and O–H groups in total. The molecule has 0 spiro atoms. The summed E-state index contributed by atoms with van der Waals surface area (Å²) in [5, 5.41) is 22.9. The summed E-state index contributed by atoms with van der Waals surface area (Å²) < 4.78 is 5.49. The van der Waals surface area contributed by atoms with Gasteiger partial charge in [-0.05, 0) is 40.5 Å². The van der Waals surface area contributed by atoms with Crippen molar-refractivity contribution in [1.29, 1.82) is 0 Å². The molecule has 0 saturated heterocycles. The van der Waals surface area contributed by atoms with Crippen LogP contribution >= 0.6 is 11.6 Å². The van der Waals surface area contributed by atoms with Gasteiger partial charge in [-0.2, -0.15) is 0 Å². The van der Waals surface area contributed by atoms with Crippen LogP contribution in [0.5, 0.6) is 0 Å². The van der Waals surface area contributed by atoms with Crippen molar-refractivity contribution >= 4 is 35.3 Å². The lowest BCUT2D eigenvalue weighted by Crippen LogP contribution is -2.36. The number of hydrogen-bond donors (Lipinski definition) is 4. The molecule has 174 valence electrons. The number of carbonyl (C=O) groups is 3. The Morgan fingerprint density at radius 1 is 0.971 bits per heavy atom. The molecule has 1 atom stereocenters. The van der Waals surface area contributed by atoms with E-state index in [1.807, 2.05) is 48.5 Å². The van der Waals surface area contributed by atoms with E-state index in [9.17, 15) is 19.5 Å². The minimum absolute atomic E-state index is 0.0825. The molecule has 1 aliphatic carbocycles. The van der Waals surface area contributed by atoms with E-state index in [1.165, 1.54) is 18.2 Å². The molecule has 0 heterocycles. The maximum absolute atomic E-state index is 12.5. The summed E-state index contributed by atoms with van der Waals surface area (Å²) in [6.45, 7) is -0.310. The van der Waals surface area contributed by atoms with Crippen LogP contribution in [0.1, 0.15) is 27.4 Å². The average molecular weight is 481 g/mol. The fourth-order valence-electron chi connectivity index (χ4n) is 3.88. The summed E-state index contributed by atoms with van der Waals surface area (Å²) in [6.07, 6.45) is -2.40. The van der Waals surface area contributed by atoms with Gasteiger partial charge >= 0.3 is 12.1 Å². The van der Waals surface area contributed by atoms with Crippen molar-refractivity contribution in [2.45, 2.75) is 12.0 Å². The fourth-order valence-corrected chi connectivity index (χ4v) is 4.11. The van der Waals surface area contributed by atoms with Crippen LogP contribution in [-0.4, -0.2) is 47.4 Å². The first kappa shape index (κ1) is 23.3. The van der Waals surface area contributed by atoms with Gasteiger partial charge in [-0.25, -0.2) is 9.59 Å². The van der Waals surface area contributed by atoms with Crippen LogP contribution in [0.15, 0.2) is 66.7 Å². The van der Waals surface area contributed by atoms with Gasteiger partial charge < -0.3 is 20.3 Å². The number of carboxylic acid groups (broad SMARTS) is 1. The van der Waals surface area contributed by atoms with Gasteiger partial charge in [0, 0.05) is 11.5 Å². The van der Waals surface area contributed by atoms with E-state index < -0.39 is 30.6 Å². The molecule has 34 heavy (non-hydrogen) atoms. The van der Waals surface area contributed by atoms with Crippen LogP contribution in [-0.2, 0) is 9.53 Å². The van der Waals surface area contributed by atoms with Crippen LogP contribution in [0.2, 0.25) is 5.02 Å². The molecule has 0 saturated carbocycles. The lowest BCUT2D eigenvalue weighted by molar-refractivity contribution is -0.146. The van der Waals surface area contributed by atoms with Gasteiger partial charge in [-0.15, -0.1) is 0 Å². The Morgan fingerprint density at radius 2 is 1.59 bits per heavy atom. The number of halogens is 1. The zero-order valence-corrected chi connectivity index (χ0v) is 18.6. The molecule has 4 rings (SSSR count). The number of benzene rings is 3. The Labute approximate surface area is 200 Å². The summed E-state index contributed by atoms with van der Waals surface area (Å²) in [4.78, 5) is 35.2. The third-order valence-corrected chi connectivity index (χ3v) is 5.87. The highest BCUT2D eigenvalue weighted by Gasteiger charge is 2.29. The maximum atomic E-state index is 12.5. The summed E-state index contributed by atoms with van der Waals surface area (Å²) in [6, 6.07) is 20.2. The highest BCUT2D eigenvalue weighted by atomic mass is 35.5. The monoisotopic (exact) mass is 480 g/mol. The first-order valence-corrected chi connectivity index (χ1v) is 10.8. The van der Waals surface area contributed by atoms with E-state index in [0.29, 0.717) is 0 Å². The molecule has 0 aliphatic heterocycles. The number of hydrogen-bond acceptors (Lipinski definition) is 5. The van der Waals surface area contributed by atoms with E-state index >= 15 is 0 Å². The number of nitrogens with one attached hydrogen (secondary N) is 2. The van der Waals surface area contributed by atoms with Crippen molar-refractivity contribution in [1.82, 2.24) is 5.32 Å². The number of carboxylic acids is 1. The Bertz CT molecular complexity index is 1220. The van der Waals surface area contributed by atoms with E-state index in [2.05, 4.69) is 10.6 Å². The van der Waals surface area contributed by atoms with Gasteiger partial charge in [-0.3, -0.25) is 10.1 Å². The van der Waals surface area contributed by atoms with E-state index in [4.69, 9.17) is 21.4 Å². The number of aliphatic carboxylic acids is 1. The number of carbonyl (C=O) groups excluding carboxylic acids is 2. The van der Waals surface area contributed by atoms with E-state index in [1.54, 1.807) is 0 Å². The summed E-state index contributed by atoms with van der Waals surface area (Å²) in [5.41, 5.74) is 4.83. The minimum Gasteiger partial charge on any atom is -0.479 e. The van der Waals surface area contributed by atoms with Crippen LogP contribution in [0.4, 0.5) is 10.5 Å². The van der Waals surface area contributed by atoms with Crippen molar-refractivity contribution in [3.63, 3.8) is 0 Å². The second-order valence-electron chi connectivity index (χ2n) is 7.71. The molecule has 0 radical (unpaired) electrons. The van der Waals surface area contributed by atoms with Crippen LogP contribution in [0, 0.1) is 0 Å². The standard InChI is InChI=1S/C25H21ClN2O6/c26-20-11-14(23(30)27-12-22(29)24(31)32)9-10-21(20)28-25(33)34-13-19-17-7-3-1-5-15(17)16-6-2-4-8-18(16)19/h1-11,19,22,29H,12-13H2,(H,27,30)(H,28,33)(H,31,32). The van der Waals surface area contributed by atoms with Gasteiger partial charge in [0.15, 0.2) is 6.10 Å². The molecule has 1 unspecified atom stereocenters. The van der Waals surface area contributed by atoms with Crippen LogP contribution in [0.25, 0.3) is 11.1 Å². The fraction of sp³-hybridized carbons (Fsp3) is 0.160. The van der Waals surface area contributed by atoms with Gasteiger partial charge in [0.25, 0.3) is 5.91 Å². The van der Waals surface area contributed by atoms with Crippen molar-refractivity contribution in [2.75, 3.05) is 18.5 Å². The Kier molecular flexibility index (Phi) is 6.81. The molecule has 0 aromatic heterocycles. The number of anilines is 1. The Balaban J connectivity index is 1.37. The molecule has 3 aromatic rings. The van der Waals surface area contributed by atoms with Crippen molar-refractivity contribution in [3.8, 4) is 11.1 Å². The largest absolute Gasteiger partial charge is 0.479 e. The summed E-state index contributed by atoms with van der Waals surface area (Å²) in [7, 11) is 0. The maximum Gasteiger partial charge on any atom is 0.411 e. The Hall–Kier alpha value is -3.88. The predicted molar refractivity (Wildman–Crippen MR) is 126 cm³/mol. The molecule has 2 amide bonds. The van der Waals surface area contributed by atoms with Crippen LogP contribution in [0.3, 0.4) is 0 Å². The summed E-state index contributed by atoms with van der Waals surface area (Å²) in [5.74, 6) is -2.14.